The minimum absolute atomic E-state index is 0. The molecule has 1 heterocycles. The number of hydrogen-bond acceptors (Lipinski definition) is 1. The van der Waals surface area contributed by atoms with Gasteiger partial charge in [0, 0.05) is 5.69 Å². The molecule has 1 nitrogen and oxygen atoms in total. The molecule has 26 heavy (non-hydrogen) atoms. The zero-order valence-corrected chi connectivity index (χ0v) is 16.7. The molecule has 1 fully saturated rings. The smallest absolute Gasteiger partial charge is 0.534 e. The van der Waals surface area contributed by atoms with Crippen molar-refractivity contribution in [3.8, 4) is 0 Å². The van der Waals surface area contributed by atoms with Crippen LogP contribution in [0.4, 0.5) is 5.69 Å². The Balaban J connectivity index is 0.00000243. The van der Waals surface area contributed by atoms with Crippen molar-refractivity contribution in [1.29, 1.82) is 0 Å². The molecule has 2 aromatic rings. The van der Waals surface area contributed by atoms with Gasteiger partial charge in [0.25, 0.3) is 0 Å². The standard InChI is InChI=1S/C24H32N.Li/c1-2-3-4-5-6-7-8-15-20-23-24(21-16-11-9-12-17-21)25(23)22-18-13-10-14-19-22;/h9-14,16-19,24H,2-8,15,20H2,1H3;/q-1;+1/t24-,25?;/m1./s1. The van der Waals surface area contributed by atoms with E-state index in [1.165, 1.54) is 69.0 Å². The Morgan fingerprint density at radius 3 is 1.88 bits per heavy atom. The first-order valence-electron chi connectivity index (χ1n) is 10.2. The minimum Gasteiger partial charge on any atom is -0.534 e. The van der Waals surface area contributed by atoms with Crippen molar-refractivity contribution in [1.82, 2.24) is 0 Å². The van der Waals surface area contributed by atoms with Gasteiger partial charge in [-0.05, 0) is 12.1 Å². The van der Waals surface area contributed by atoms with Crippen molar-refractivity contribution in [3.63, 3.8) is 0 Å². The Hall–Kier alpha value is -1.16. The monoisotopic (exact) mass is 341 g/mol. The van der Waals surface area contributed by atoms with Crippen LogP contribution in [0.1, 0.15) is 76.3 Å². The Kier molecular flexibility index (Phi) is 9.37. The third kappa shape index (κ3) is 5.93. The van der Waals surface area contributed by atoms with Crippen LogP contribution in [0.15, 0.2) is 60.7 Å². The van der Waals surface area contributed by atoms with Crippen molar-refractivity contribution in [2.24, 2.45) is 0 Å². The fourth-order valence-electron chi connectivity index (χ4n) is 3.81. The maximum absolute atomic E-state index is 2.52. The zero-order chi connectivity index (χ0) is 17.3. The first-order valence-corrected chi connectivity index (χ1v) is 10.2. The van der Waals surface area contributed by atoms with Gasteiger partial charge < -0.3 is 4.90 Å². The van der Waals surface area contributed by atoms with Gasteiger partial charge in [0.05, 0.1) is 0 Å². The van der Waals surface area contributed by atoms with E-state index >= 15 is 0 Å². The molecular weight excluding hydrogens is 309 g/mol. The predicted octanol–water partition coefficient (Wildman–Crippen LogP) is 4.31. The van der Waals surface area contributed by atoms with E-state index in [1.807, 2.05) is 0 Å². The normalized spacial score (nSPS) is 16.3. The van der Waals surface area contributed by atoms with Gasteiger partial charge in [0.2, 0.25) is 0 Å². The summed E-state index contributed by atoms with van der Waals surface area (Å²) >= 11 is 0. The summed E-state index contributed by atoms with van der Waals surface area (Å²) < 4.78 is 0. The second kappa shape index (κ2) is 11.5. The van der Waals surface area contributed by atoms with E-state index in [1.54, 1.807) is 6.04 Å². The average Bonchev–Trinajstić information content (AvgIpc) is 3.39. The number of anilines is 1. The van der Waals surface area contributed by atoms with Crippen LogP contribution in [0.3, 0.4) is 0 Å². The minimum atomic E-state index is 0. The van der Waals surface area contributed by atoms with E-state index in [2.05, 4.69) is 72.5 Å². The van der Waals surface area contributed by atoms with Gasteiger partial charge in [-0.2, -0.15) is 6.42 Å². The quantitative estimate of drug-likeness (QED) is 0.255. The first kappa shape index (κ1) is 21.1. The van der Waals surface area contributed by atoms with Crippen molar-refractivity contribution in [2.45, 2.75) is 70.8 Å². The number of rotatable bonds is 11. The zero-order valence-electron chi connectivity index (χ0n) is 16.7. The first-order chi connectivity index (χ1) is 12.4. The van der Waals surface area contributed by atoms with E-state index in [9.17, 15) is 0 Å². The van der Waals surface area contributed by atoms with E-state index in [0.29, 0.717) is 6.04 Å². The number of para-hydroxylation sites is 1. The second-order valence-corrected chi connectivity index (χ2v) is 7.23. The maximum atomic E-state index is 2.52. The van der Waals surface area contributed by atoms with Crippen LogP contribution >= 0.6 is 0 Å². The van der Waals surface area contributed by atoms with Crippen molar-refractivity contribution in [2.75, 3.05) is 4.90 Å². The third-order valence-corrected chi connectivity index (χ3v) is 5.25. The van der Waals surface area contributed by atoms with Crippen LogP contribution in [-0.2, 0) is 0 Å². The van der Waals surface area contributed by atoms with Crippen molar-refractivity contribution < 1.29 is 18.9 Å². The molecule has 0 saturated carbocycles. The van der Waals surface area contributed by atoms with Gasteiger partial charge in [-0.15, -0.1) is 0 Å². The predicted molar refractivity (Wildman–Crippen MR) is 109 cm³/mol. The number of nitrogens with zero attached hydrogens (tertiary/aromatic N) is 1. The Bertz CT molecular complexity index is 553. The molecule has 1 aliphatic rings. The van der Waals surface area contributed by atoms with Gasteiger partial charge in [0.1, 0.15) is 0 Å². The molecule has 0 bridgehead atoms. The van der Waals surface area contributed by atoms with E-state index < -0.39 is 0 Å². The van der Waals surface area contributed by atoms with E-state index in [0.717, 1.165) is 0 Å². The SMILES string of the molecule is CCCCCCCCCC[C-]1[C@@H](c2ccccc2)N1c1ccccc1.[Li+]. The molecule has 0 aromatic heterocycles. The summed E-state index contributed by atoms with van der Waals surface area (Å²) in [6.07, 6.45) is 12.4. The fourth-order valence-corrected chi connectivity index (χ4v) is 3.81. The van der Waals surface area contributed by atoms with Crippen LogP contribution in [0.2, 0.25) is 0 Å². The molecule has 0 radical (unpaired) electrons. The van der Waals surface area contributed by atoms with Crippen molar-refractivity contribution >= 4 is 5.69 Å². The molecule has 134 valence electrons. The van der Waals surface area contributed by atoms with Gasteiger partial charge in [-0.25, -0.2) is 6.04 Å². The number of unbranched alkanes of at least 4 members (excludes halogenated alkanes) is 7. The summed E-state index contributed by atoms with van der Waals surface area (Å²) in [6.45, 7) is 2.29. The molecule has 0 N–H and O–H groups in total. The molecule has 2 heteroatoms. The fraction of sp³-hybridized carbons (Fsp3) is 0.458. The van der Waals surface area contributed by atoms with Gasteiger partial charge >= 0.3 is 18.9 Å². The molecule has 0 amide bonds. The summed E-state index contributed by atoms with van der Waals surface area (Å²) in [5, 5.41) is 0. The second-order valence-electron chi connectivity index (χ2n) is 7.23. The molecule has 1 aliphatic heterocycles. The Morgan fingerprint density at radius 1 is 0.731 bits per heavy atom. The molecule has 1 atom stereocenters. The molecule has 0 aliphatic carbocycles. The number of benzene rings is 2. The Morgan fingerprint density at radius 2 is 1.27 bits per heavy atom. The largest absolute Gasteiger partial charge is 1.00 e. The maximum Gasteiger partial charge on any atom is 1.00 e. The summed E-state index contributed by atoms with van der Waals surface area (Å²) in [6, 6.07) is 23.9. The topological polar surface area (TPSA) is 3.01 Å². The van der Waals surface area contributed by atoms with Gasteiger partial charge in [-0.1, -0.05) is 118 Å². The molecule has 1 saturated heterocycles. The summed E-state index contributed by atoms with van der Waals surface area (Å²) in [5.41, 5.74) is 2.77. The van der Waals surface area contributed by atoms with Crippen LogP contribution < -0.4 is 23.8 Å². The molecule has 3 rings (SSSR count). The van der Waals surface area contributed by atoms with E-state index in [4.69, 9.17) is 0 Å². The van der Waals surface area contributed by atoms with E-state index in [-0.39, 0.29) is 18.9 Å². The van der Waals surface area contributed by atoms with Gasteiger partial charge in [0.15, 0.2) is 0 Å². The van der Waals surface area contributed by atoms with Crippen LogP contribution in [0.25, 0.3) is 0 Å². The van der Waals surface area contributed by atoms with Crippen LogP contribution in [0.5, 0.6) is 0 Å². The summed E-state index contributed by atoms with van der Waals surface area (Å²) in [7, 11) is 0. The molecule has 2 aromatic carbocycles. The molecule has 0 unspecified atom stereocenters. The Labute approximate surface area is 172 Å². The molecule has 0 spiro atoms. The van der Waals surface area contributed by atoms with Crippen molar-refractivity contribution in [3.05, 3.63) is 72.3 Å². The third-order valence-electron chi connectivity index (χ3n) is 5.25. The number of hydrogen-bond donors (Lipinski definition) is 0. The average molecular weight is 341 g/mol. The summed E-state index contributed by atoms with van der Waals surface area (Å²) in [4.78, 5) is 2.52. The molecular formula is C24H32LiN. The summed E-state index contributed by atoms with van der Waals surface area (Å²) in [5.74, 6) is 0. The van der Waals surface area contributed by atoms with Crippen LogP contribution in [-0.4, -0.2) is 0 Å². The van der Waals surface area contributed by atoms with Crippen LogP contribution in [0, 0.1) is 6.04 Å². The van der Waals surface area contributed by atoms with Gasteiger partial charge in [-0.3, -0.25) is 0 Å².